The third-order valence-corrected chi connectivity index (χ3v) is 7.16. The Balaban J connectivity index is 0.00000320. The summed E-state index contributed by atoms with van der Waals surface area (Å²) in [5.41, 5.74) is 4.56. The molecule has 3 aromatic rings. The van der Waals surface area contributed by atoms with E-state index in [0.29, 0.717) is 24.3 Å². The van der Waals surface area contributed by atoms with E-state index >= 15 is 0 Å². The SMILES string of the molecule is COC(=O)c1c(F)cc([C@@H]2C[C@H](CN[C@H](C)c3cccc4c3C=CCC4)Oc3ccccc32)cc1F.[HH]. The van der Waals surface area contributed by atoms with E-state index in [1.807, 2.05) is 24.3 Å². The van der Waals surface area contributed by atoms with Crippen LogP contribution in [-0.2, 0) is 11.2 Å². The van der Waals surface area contributed by atoms with Gasteiger partial charge in [0.15, 0.2) is 0 Å². The van der Waals surface area contributed by atoms with Gasteiger partial charge in [-0.15, -0.1) is 0 Å². The van der Waals surface area contributed by atoms with Gasteiger partial charge in [-0.3, -0.25) is 0 Å². The lowest BCUT2D eigenvalue weighted by molar-refractivity contribution is 0.0589. The van der Waals surface area contributed by atoms with Crippen LogP contribution in [0.5, 0.6) is 5.75 Å². The zero-order valence-corrected chi connectivity index (χ0v) is 20.4. The summed E-state index contributed by atoms with van der Waals surface area (Å²) in [6.07, 6.45) is 6.88. The van der Waals surface area contributed by atoms with Crippen LogP contribution in [0.2, 0.25) is 0 Å². The number of para-hydroxylation sites is 1. The van der Waals surface area contributed by atoms with E-state index in [0.717, 1.165) is 25.5 Å². The second kappa shape index (κ2) is 10.2. The Kier molecular flexibility index (Phi) is 6.88. The highest BCUT2D eigenvalue weighted by Gasteiger charge is 2.31. The van der Waals surface area contributed by atoms with E-state index in [1.54, 1.807) is 0 Å². The van der Waals surface area contributed by atoms with Gasteiger partial charge in [-0.05, 0) is 66.6 Å². The van der Waals surface area contributed by atoms with Crippen molar-refractivity contribution in [2.45, 2.75) is 44.2 Å². The molecule has 0 radical (unpaired) electrons. The van der Waals surface area contributed by atoms with Crippen molar-refractivity contribution in [2.24, 2.45) is 0 Å². The molecule has 2 aliphatic rings. The van der Waals surface area contributed by atoms with Gasteiger partial charge in [0.25, 0.3) is 0 Å². The lowest BCUT2D eigenvalue weighted by atomic mass is 9.83. The van der Waals surface area contributed by atoms with Crippen molar-refractivity contribution in [3.05, 3.63) is 106 Å². The number of rotatable bonds is 6. The number of methoxy groups -OCH3 is 1. The monoisotopic (exact) mass is 491 g/mol. The molecule has 6 heteroatoms. The molecule has 1 aliphatic heterocycles. The second-order valence-electron chi connectivity index (χ2n) is 9.41. The minimum Gasteiger partial charge on any atom is -0.489 e. The number of fused-ring (bicyclic) bond motifs is 2. The van der Waals surface area contributed by atoms with Crippen LogP contribution in [0, 0.1) is 11.6 Å². The van der Waals surface area contributed by atoms with Crippen LogP contribution >= 0.6 is 0 Å². The fourth-order valence-corrected chi connectivity index (χ4v) is 5.31. The van der Waals surface area contributed by atoms with Crippen molar-refractivity contribution < 1.29 is 24.5 Å². The second-order valence-corrected chi connectivity index (χ2v) is 9.41. The van der Waals surface area contributed by atoms with Crippen LogP contribution in [0.15, 0.2) is 60.7 Å². The van der Waals surface area contributed by atoms with Gasteiger partial charge in [0.1, 0.15) is 29.1 Å². The van der Waals surface area contributed by atoms with Crippen LogP contribution in [0.1, 0.15) is 71.3 Å². The lowest BCUT2D eigenvalue weighted by Crippen LogP contribution is -2.37. The van der Waals surface area contributed by atoms with Crippen molar-refractivity contribution in [1.29, 1.82) is 0 Å². The number of ether oxygens (including phenoxy) is 2. The molecule has 4 nitrogen and oxygen atoms in total. The molecule has 5 rings (SSSR count). The largest absolute Gasteiger partial charge is 0.489 e. The van der Waals surface area contributed by atoms with Gasteiger partial charge < -0.3 is 14.8 Å². The van der Waals surface area contributed by atoms with Crippen LogP contribution < -0.4 is 10.1 Å². The number of aryl methyl sites for hydroxylation is 1. The van der Waals surface area contributed by atoms with E-state index in [-0.39, 0.29) is 19.5 Å². The molecule has 0 amide bonds. The molecule has 0 aromatic heterocycles. The van der Waals surface area contributed by atoms with Gasteiger partial charge in [0, 0.05) is 25.5 Å². The predicted molar refractivity (Wildman–Crippen MR) is 137 cm³/mol. The average Bonchev–Trinajstić information content (AvgIpc) is 2.90. The third kappa shape index (κ3) is 4.65. The average molecular weight is 492 g/mol. The highest BCUT2D eigenvalue weighted by molar-refractivity contribution is 5.90. The number of hydrogen-bond donors (Lipinski definition) is 1. The Morgan fingerprint density at radius 1 is 1.17 bits per heavy atom. The Bertz CT molecular complexity index is 1300. The van der Waals surface area contributed by atoms with Crippen molar-refractivity contribution in [2.75, 3.05) is 13.7 Å². The summed E-state index contributed by atoms with van der Waals surface area (Å²) >= 11 is 0. The minimum absolute atomic E-state index is 0. The molecule has 3 aromatic carbocycles. The summed E-state index contributed by atoms with van der Waals surface area (Å²) in [7, 11) is 1.10. The number of benzene rings is 3. The zero-order valence-electron chi connectivity index (χ0n) is 20.4. The maximum Gasteiger partial charge on any atom is 0.343 e. The number of hydrogen-bond acceptors (Lipinski definition) is 4. The van der Waals surface area contributed by atoms with Gasteiger partial charge in [0.05, 0.1) is 7.11 Å². The smallest absolute Gasteiger partial charge is 0.343 e. The first-order valence-corrected chi connectivity index (χ1v) is 12.3. The van der Waals surface area contributed by atoms with Crippen molar-refractivity contribution in [3.63, 3.8) is 0 Å². The summed E-state index contributed by atoms with van der Waals surface area (Å²) in [6, 6.07) is 16.6. The number of carbonyl (C=O) groups is 1. The van der Waals surface area contributed by atoms with Crippen LogP contribution in [0.25, 0.3) is 6.08 Å². The predicted octanol–water partition coefficient (Wildman–Crippen LogP) is 6.59. The van der Waals surface area contributed by atoms with Crippen molar-refractivity contribution in [1.82, 2.24) is 5.32 Å². The van der Waals surface area contributed by atoms with Gasteiger partial charge in [0.2, 0.25) is 0 Å². The molecule has 36 heavy (non-hydrogen) atoms. The van der Waals surface area contributed by atoms with Crippen LogP contribution in [0.4, 0.5) is 8.78 Å². The summed E-state index contributed by atoms with van der Waals surface area (Å²) < 4.78 is 40.3. The Labute approximate surface area is 211 Å². The summed E-state index contributed by atoms with van der Waals surface area (Å²) in [5, 5.41) is 3.61. The number of allylic oxidation sites excluding steroid dienone is 1. The molecule has 0 saturated heterocycles. The molecule has 188 valence electrons. The molecular formula is C30H31F2NO3. The Hall–Kier alpha value is -3.51. The van der Waals surface area contributed by atoms with Crippen LogP contribution in [-0.4, -0.2) is 25.7 Å². The van der Waals surface area contributed by atoms with Crippen molar-refractivity contribution in [3.8, 4) is 5.75 Å². The number of nitrogens with one attached hydrogen (secondary N) is 1. The van der Waals surface area contributed by atoms with E-state index in [2.05, 4.69) is 47.3 Å². The normalized spacial score (nSPS) is 19.1. The lowest BCUT2D eigenvalue weighted by Gasteiger charge is -2.33. The maximum absolute atomic E-state index is 14.8. The first-order chi connectivity index (χ1) is 17.5. The number of halogens is 2. The van der Waals surface area contributed by atoms with Gasteiger partial charge in [-0.2, -0.15) is 0 Å². The molecule has 0 saturated carbocycles. The third-order valence-electron chi connectivity index (χ3n) is 7.16. The van der Waals surface area contributed by atoms with Gasteiger partial charge in [-0.1, -0.05) is 48.6 Å². The maximum atomic E-state index is 14.8. The number of esters is 1. The first-order valence-electron chi connectivity index (χ1n) is 12.3. The quantitative estimate of drug-likeness (QED) is 0.395. The van der Waals surface area contributed by atoms with E-state index in [9.17, 15) is 13.6 Å². The highest BCUT2D eigenvalue weighted by Crippen LogP contribution is 2.41. The highest BCUT2D eigenvalue weighted by atomic mass is 19.1. The summed E-state index contributed by atoms with van der Waals surface area (Å²) in [4.78, 5) is 11.8. The molecule has 1 N–H and O–H groups in total. The van der Waals surface area contributed by atoms with Crippen LogP contribution in [0.3, 0.4) is 0 Å². The molecule has 1 aliphatic carbocycles. The van der Waals surface area contributed by atoms with E-state index < -0.39 is 23.2 Å². The van der Waals surface area contributed by atoms with E-state index in [1.165, 1.54) is 28.8 Å². The fraction of sp³-hybridized carbons (Fsp3) is 0.300. The molecule has 0 spiro atoms. The molecule has 0 unspecified atom stereocenters. The summed E-state index contributed by atoms with van der Waals surface area (Å²) in [5.74, 6) is -2.46. The topological polar surface area (TPSA) is 47.6 Å². The molecule has 0 fully saturated rings. The van der Waals surface area contributed by atoms with Gasteiger partial charge in [-0.25, -0.2) is 13.6 Å². The number of carbonyl (C=O) groups excluding carboxylic acids is 1. The molecule has 3 atom stereocenters. The standard InChI is InChI=1S/C30H29F2NO3.H2/c1-18(22-12-7-9-19-8-3-4-10-23(19)22)33-17-21-16-25(24-11-5-6-13-28(24)36-21)20-14-26(31)29(27(32)15-20)30(34)35-2;/h4-7,9-15,18,21,25,33H,3,8,16-17H2,1-2H3;1H/t18-,21-,25+;/m1./s1. The Morgan fingerprint density at radius 3 is 2.72 bits per heavy atom. The fourth-order valence-electron chi connectivity index (χ4n) is 5.31. The first kappa shape index (κ1) is 24.2. The zero-order chi connectivity index (χ0) is 25.2. The molecule has 0 bridgehead atoms. The molecular weight excluding hydrogens is 460 g/mol. The van der Waals surface area contributed by atoms with Gasteiger partial charge >= 0.3 is 5.97 Å². The van der Waals surface area contributed by atoms with E-state index in [4.69, 9.17) is 4.74 Å². The van der Waals surface area contributed by atoms with Crippen molar-refractivity contribution >= 4 is 12.0 Å². The minimum atomic E-state index is -1.03. The summed E-state index contributed by atoms with van der Waals surface area (Å²) in [6.45, 7) is 2.72. The Morgan fingerprint density at radius 2 is 1.94 bits per heavy atom. The molecule has 1 heterocycles.